The second-order valence-corrected chi connectivity index (χ2v) is 14.5. The number of benzene rings is 2. The number of anilines is 2. The molecule has 13 nitrogen and oxygen atoms in total. The zero-order valence-corrected chi connectivity index (χ0v) is 29.3. The SMILES string of the molecule is Cn1cc(-c2cnc(C3(NC(=O)C4(NC(=O)c5cnc6n5[C@](C)(Cc5ccc(C#N)cc5)C(=O)N6c5cc(Cl)c(F)c(Cl)c5)CC4)CC3)nc2)cn1. The first-order valence-electron chi connectivity index (χ1n) is 16.4. The summed E-state index contributed by atoms with van der Waals surface area (Å²) in [5.74, 6) is -1.70. The van der Waals surface area contributed by atoms with Crippen molar-refractivity contribution in [3.8, 4) is 17.2 Å². The lowest BCUT2D eigenvalue weighted by Gasteiger charge is -2.27. The van der Waals surface area contributed by atoms with Crippen LogP contribution >= 0.6 is 23.2 Å². The topological polar surface area (TPSA) is 164 Å². The lowest BCUT2D eigenvalue weighted by atomic mass is 9.91. The molecule has 262 valence electrons. The summed E-state index contributed by atoms with van der Waals surface area (Å²) >= 11 is 12.3. The average Bonchev–Trinajstić information content (AvgIpc) is 3.98. The van der Waals surface area contributed by atoms with Crippen molar-refractivity contribution < 1.29 is 18.8 Å². The van der Waals surface area contributed by atoms with Crippen LogP contribution in [0.2, 0.25) is 10.0 Å². The molecule has 2 N–H and O–H groups in total. The highest BCUT2D eigenvalue weighted by Crippen LogP contribution is 2.47. The lowest BCUT2D eigenvalue weighted by Crippen LogP contribution is -2.52. The van der Waals surface area contributed by atoms with Crippen LogP contribution in [0, 0.1) is 17.1 Å². The first kappa shape index (κ1) is 33.5. The monoisotopic (exact) mass is 738 g/mol. The van der Waals surface area contributed by atoms with Gasteiger partial charge in [0.1, 0.15) is 22.3 Å². The second kappa shape index (κ2) is 12.0. The molecule has 0 unspecified atom stereocenters. The number of amides is 3. The van der Waals surface area contributed by atoms with Gasteiger partial charge in [-0.15, -0.1) is 0 Å². The summed E-state index contributed by atoms with van der Waals surface area (Å²) in [6, 6.07) is 11.3. The van der Waals surface area contributed by atoms with E-state index in [1.807, 2.05) is 13.2 Å². The van der Waals surface area contributed by atoms with Gasteiger partial charge < -0.3 is 10.6 Å². The van der Waals surface area contributed by atoms with E-state index >= 15 is 0 Å². The van der Waals surface area contributed by atoms with E-state index in [2.05, 4.69) is 36.8 Å². The summed E-state index contributed by atoms with van der Waals surface area (Å²) < 4.78 is 17.6. The Morgan fingerprint density at radius 2 is 1.63 bits per heavy atom. The molecule has 3 aliphatic rings. The van der Waals surface area contributed by atoms with Gasteiger partial charge in [-0.1, -0.05) is 35.3 Å². The number of imidazole rings is 1. The third-order valence-corrected chi connectivity index (χ3v) is 10.5. The number of aryl methyl sites for hydroxylation is 1. The third kappa shape index (κ3) is 5.48. The molecule has 8 rings (SSSR count). The molecule has 3 amide bonds. The third-order valence-electron chi connectivity index (χ3n) is 9.95. The second-order valence-electron chi connectivity index (χ2n) is 13.7. The molecule has 16 heteroatoms. The van der Waals surface area contributed by atoms with Gasteiger partial charge in [-0.05, 0) is 62.4 Å². The molecule has 0 bridgehead atoms. The molecule has 0 saturated heterocycles. The highest BCUT2D eigenvalue weighted by atomic mass is 35.5. The van der Waals surface area contributed by atoms with Gasteiger partial charge >= 0.3 is 0 Å². The molecule has 1 aliphatic heterocycles. The Kier molecular flexibility index (Phi) is 7.70. The molecule has 2 fully saturated rings. The van der Waals surface area contributed by atoms with Crippen molar-refractivity contribution in [2.24, 2.45) is 7.05 Å². The van der Waals surface area contributed by atoms with Crippen molar-refractivity contribution in [2.75, 3.05) is 4.90 Å². The Morgan fingerprint density at radius 1 is 0.962 bits per heavy atom. The zero-order chi connectivity index (χ0) is 36.6. The number of carbonyl (C=O) groups is 3. The molecule has 0 spiro atoms. The summed E-state index contributed by atoms with van der Waals surface area (Å²) in [4.78, 5) is 57.2. The number of hydrogen-bond donors (Lipinski definition) is 2. The van der Waals surface area contributed by atoms with Crippen LogP contribution in [0.4, 0.5) is 16.0 Å². The van der Waals surface area contributed by atoms with Gasteiger partial charge in [0, 0.05) is 43.2 Å². The average molecular weight is 740 g/mol. The van der Waals surface area contributed by atoms with Gasteiger partial charge in [0.05, 0.1) is 39.8 Å². The summed E-state index contributed by atoms with van der Waals surface area (Å²) in [5.41, 5.74) is -0.324. The molecule has 5 aromatic rings. The normalized spacial score (nSPS) is 19.2. The van der Waals surface area contributed by atoms with Crippen LogP contribution in [-0.4, -0.2) is 52.6 Å². The molecule has 4 heterocycles. The number of nitrogens with zero attached hydrogens (tertiary/aromatic N) is 8. The van der Waals surface area contributed by atoms with E-state index in [0.717, 1.165) is 11.1 Å². The van der Waals surface area contributed by atoms with Crippen molar-refractivity contribution >= 4 is 52.6 Å². The quantitative estimate of drug-likeness (QED) is 0.198. The van der Waals surface area contributed by atoms with Crippen LogP contribution in [0.3, 0.4) is 0 Å². The fourth-order valence-electron chi connectivity index (χ4n) is 6.70. The zero-order valence-electron chi connectivity index (χ0n) is 27.8. The Balaban J connectivity index is 1.08. The Hall–Kier alpha value is -5.65. The number of carbonyl (C=O) groups excluding carboxylic acids is 3. The van der Waals surface area contributed by atoms with Crippen molar-refractivity contribution in [2.45, 2.75) is 55.6 Å². The van der Waals surface area contributed by atoms with Crippen LogP contribution < -0.4 is 15.5 Å². The first-order chi connectivity index (χ1) is 24.9. The molecule has 2 aliphatic carbocycles. The predicted octanol–water partition coefficient (Wildman–Crippen LogP) is 5.10. The van der Waals surface area contributed by atoms with E-state index in [9.17, 15) is 24.0 Å². The van der Waals surface area contributed by atoms with Crippen molar-refractivity contribution in [1.82, 2.24) is 39.9 Å². The Bertz CT molecular complexity index is 2320. The van der Waals surface area contributed by atoms with Crippen LogP contribution in [0.25, 0.3) is 11.1 Å². The van der Waals surface area contributed by atoms with Crippen LogP contribution in [0.1, 0.15) is 60.0 Å². The molecule has 0 radical (unpaired) electrons. The van der Waals surface area contributed by atoms with Crippen molar-refractivity contribution in [1.29, 1.82) is 5.26 Å². The van der Waals surface area contributed by atoms with Crippen LogP contribution in [-0.2, 0) is 34.1 Å². The van der Waals surface area contributed by atoms with Gasteiger partial charge in [-0.3, -0.25) is 23.6 Å². The number of nitrogens with one attached hydrogen (secondary N) is 2. The molecule has 1 atom stereocenters. The fraction of sp³-hybridized carbons (Fsp3) is 0.278. The smallest absolute Gasteiger partial charge is 0.270 e. The molecule has 52 heavy (non-hydrogen) atoms. The van der Waals surface area contributed by atoms with Crippen LogP contribution in [0.5, 0.6) is 0 Å². The summed E-state index contributed by atoms with van der Waals surface area (Å²) in [6.07, 6.45) is 10.5. The molecule has 2 saturated carbocycles. The minimum Gasteiger partial charge on any atom is -0.341 e. The van der Waals surface area contributed by atoms with Gasteiger partial charge in [0.25, 0.3) is 11.8 Å². The summed E-state index contributed by atoms with van der Waals surface area (Å²) in [5, 5.41) is 18.9. The van der Waals surface area contributed by atoms with Gasteiger partial charge in [-0.2, -0.15) is 10.4 Å². The van der Waals surface area contributed by atoms with Gasteiger partial charge in [0.2, 0.25) is 11.9 Å². The minimum absolute atomic E-state index is 0.0378. The maximum absolute atomic E-state index is 14.4. The minimum atomic E-state index is -1.42. The highest BCUT2D eigenvalue weighted by Gasteiger charge is 2.58. The number of halogens is 3. The standard InChI is InChI=1S/C36H29Cl2FN10O3/c1-34(13-20-3-5-21(14-40)6-4-20)32(52)48(24-11-25(37)28(39)26(38)12-24)33-43-18-27(49(33)34)29(50)45-36(9-10-36)31(51)46-35(7-8-35)30-41-15-22(16-42-30)23-17-44-47(2)19-23/h3-6,11-12,15-19H,7-10,13H2,1-2H3,(H,45,50)(H,46,51)/t34-/m1/s1. The van der Waals surface area contributed by atoms with E-state index in [1.54, 1.807) is 54.5 Å². The Labute approximate surface area is 306 Å². The van der Waals surface area contributed by atoms with Crippen LogP contribution in [0.15, 0.2) is 67.4 Å². The Morgan fingerprint density at radius 3 is 2.21 bits per heavy atom. The molecule has 3 aromatic heterocycles. The number of aromatic nitrogens is 6. The first-order valence-corrected chi connectivity index (χ1v) is 17.2. The number of rotatable bonds is 9. The van der Waals surface area contributed by atoms with E-state index in [4.69, 9.17) is 23.2 Å². The summed E-state index contributed by atoms with van der Waals surface area (Å²) in [7, 11) is 1.82. The van der Waals surface area contributed by atoms with E-state index < -0.39 is 34.2 Å². The largest absolute Gasteiger partial charge is 0.341 e. The van der Waals surface area contributed by atoms with E-state index in [0.29, 0.717) is 42.6 Å². The van der Waals surface area contributed by atoms with E-state index in [-0.39, 0.29) is 39.7 Å². The molecular weight excluding hydrogens is 710 g/mol. The number of hydrogen-bond acceptors (Lipinski definition) is 8. The lowest BCUT2D eigenvalue weighted by molar-refractivity contribution is -0.125. The van der Waals surface area contributed by atoms with Crippen molar-refractivity contribution in [3.05, 3.63) is 106 Å². The van der Waals surface area contributed by atoms with Crippen molar-refractivity contribution in [3.63, 3.8) is 0 Å². The summed E-state index contributed by atoms with van der Waals surface area (Å²) in [6.45, 7) is 1.66. The maximum Gasteiger partial charge on any atom is 0.270 e. The van der Waals surface area contributed by atoms with Gasteiger partial charge in [0.15, 0.2) is 11.6 Å². The number of fused-ring (bicyclic) bond motifs is 1. The highest BCUT2D eigenvalue weighted by molar-refractivity contribution is 6.35. The van der Waals surface area contributed by atoms with E-state index in [1.165, 1.54) is 27.8 Å². The number of nitriles is 1. The van der Waals surface area contributed by atoms with Gasteiger partial charge in [-0.25, -0.2) is 24.2 Å². The molecular formula is C36H29Cl2FN10O3. The maximum atomic E-state index is 14.4. The fourth-order valence-corrected chi connectivity index (χ4v) is 7.18. The predicted molar refractivity (Wildman–Crippen MR) is 187 cm³/mol. The molecule has 2 aromatic carbocycles.